The minimum atomic E-state index is -4.60. The summed E-state index contributed by atoms with van der Waals surface area (Å²) in [6, 6.07) is 0. The van der Waals surface area contributed by atoms with E-state index in [0.29, 0.717) is 12.8 Å². The fourth-order valence-electron chi connectivity index (χ4n) is 9.27. The Bertz CT molecular complexity index is 1250. The average molecular weight is 992 g/mol. The largest absolute Gasteiger partial charge is 0.462 e. The number of aliphatic hydroxyl groups excluding tert-OH is 3. The van der Waals surface area contributed by atoms with Gasteiger partial charge in [0.2, 0.25) is 0 Å². The predicted molar refractivity (Wildman–Crippen MR) is 275 cm³/mol. The molecule has 4 N–H and O–H groups in total. The van der Waals surface area contributed by atoms with Gasteiger partial charge in [0.1, 0.15) is 36.8 Å². The van der Waals surface area contributed by atoms with Gasteiger partial charge in [-0.05, 0) is 12.8 Å². The smallest absolute Gasteiger partial charge is 0.306 e. The first-order valence-corrected chi connectivity index (χ1v) is 30.2. The number of unbranched alkanes of at least 4 members (excludes halogenated alkanes) is 38. The molecule has 0 saturated carbocycles. The zero-order valence-corrected chi connectivity index (χ0v) is 44.6. The molecular formula is C55H106O12S. The molecule has 0 aromatic rings. The monoisotopic (exact) mass is 991 g/mol. The van der Waals surface area contributed by atoms with E-state index in [1.165, 1.54) is 205 Å². The van der Waals surface area contributed by atoms with Gasteiger partial charge in [0.05, 0.1) is 6.61 Å². The third kappa shape index (κ3) is 39.3. The van der Waals surface area contributed by atoms with Crippen molar-refractivity contribution in [2.75, 3.05) is 19.0 Å². The zero-order chi connectivity index (χ0) is 49.8. The van der Waals surface area contributed by atoms with Crippen molar-refractivity contribution in [2.24, 2.45) is 0 Å². The van der Waals surface area contributed by atoms with Crippen molar-refractivity contribution in [2.45, 2.75) is 320 Å². The molecule has 1 heterocycles. The first-order valence-electron chi connectivity index (χ1n) is 28.6. The third-order valence-electron chi connectivity index (χ3n) is 13.7. The molecule has 1 aliphatic rings. The van der Waals surface area contributed by atoms with Gasteiger partial charge in [-0.3, -0.25) is 14.1 Å². The van der Waals surface area contributed by atoms with E-state index >= 15 is 0 Å². The molecule has 0 aromatic carbocycles. The molecule has 404 valence electrons. The van der Waals surface area contributed by atoms with E-state index in [9.17, 15) is 37.9 Å². The third-order valence-corrected chi connectivity index (χ3v) is 14.4. The Morgan fingerprint density at radius 1 is 0.441 bits per heavy atom. The van der Waals surface area contributed by atoms with Gasteiger partial charge >= 0.3 is 11.9 Å². The van der Waals surface area contributed by atoms with Crippen molar-refractivity contribution in [1.82, 2.24) is 0 Å². The molecule has 1 rings (SSSR count). The summed E-state index contributed by atoms with van der Waals surface area (Å²) in [5, 5.41) is 31.0. The van der Waals surface area contributed by atoms with E-state index in [1.807, 2.05) is 0 Å². The lowest BCUT2D eigenvalue weighted by Gasteiger charge is -2.40. The van der Waals surface area contributed by atoms with Gasteiger partial charge in [-0.1, -0.05) is 258 Å². The maximum Gasteiger partial charge on any atom is 0.306 e. The minimum Gasteiger partial charge on any atom is -0.462 e. The molecule has 13 heteroatoms. The summed E-state index contributed by atoms with van der Waals surface area (Å²) >= 11 is 0. The minimum absolute atomic E-state index is 0.173. The number of carbonyl (C=O) groups is 2. The highest BCUT2D eigenvalue weighted by molar-refractivity contribution is 7.85. The maximum absolute atomic E-state index is 12.9. The van der Waals surface area contributed by atoms with E-state index in [-0.39, 0.29) is 19.4 Å². The maximum atomic E-state index is 12.9. The van der Waals surface area contributed by atoms with Crippen molar-refractivity contribution in [3.8, 4) is 0 Å². The summed E-state index contributed by atoms with van der Waals surface area (Å²) in [5.41, 5.74) is 0. The van der Waals surface area contributed by atoms with Crippen LogP contribution in [0.2, 0.25) is 0 Å². The SMILES string of the molecule is CCCCCCCCCCCCCCCCCCCCCCCCCCC(=O)OC(COC(=O)CCCCCCCCCCCCCCCCCC)COC1OC(CS(=O)(=O)O)C(O)C(O)C1O. The van der Waals surface area contributed by atoms with Crippen LogP contribution in [0, 0.1) is 0 Å². The highest BCUT2D eigenvalue weighted by Crippen LogP contribution is 2.24. The van der Waals surface area contributed by atoms with Gasteiger partial charge in [0, 0.05) is 12.8 Å². The molecule has 1 saturated heterocycles. The summed E-state index contributed by atoms with van der Waals surface area (Å²) in [7, 11) is -4.60. The molecule has 12 nitrogen and oxygen atoms in total. The summed E-state index contributed by atoms with van der Waals surface area (Å²) < 4.78 is 54.4. The van der Waals surface area contributed by atoms with E-state index < -0.39 is 71.2 Å². The molecule has 68 heavy (non-hydrogen) atoms. The molecule has 6 atom stereocenters. The van der Waals surface area contributed by atoms with Gasteiger partial charge in [-0.25, -0.2) is 0 Å². The van der Waals surface area contributed by atoms with Crippen LogP contribution in [0.1, 0.15) is 284 Å². The van der Waals surface area contributed by atoms with Crippen LogP contribution in [0.25, 0.3) is 0 Å². The molecule has 1 aliphatic heterocycles. The number of aliphatic hydroxyl groups is 3. The van der Waals surface area contributed by atoms with Gasteiger partial charge < -0.3 is 34.3 Å². The molecule has 6 unspecified atom stereocenters. The van der Waals surface area contributed by atoms with Crippen LogP contribution >= 0.6 is 0 Å². The van der Waals surface area contributed by atoms with Gasteiger partial charge in [-0.2, -0.15) is 8.42 Å². The molecule has 0 spiro atoms. The Balaban J connectivity index is 2.28. The quantitative estimate of drug-likeness (QED) is 0.0257. The topological polar surface area (TPSA) is 186 Å². The van der Waals surface area contributed by atoms with Gasteiger partial charge in [0.15, 0.2) is 12.4 Å². The number of esters is 2. The number of ether oxygens (including phenoxy) is 4. The van der Waals surface area contributed by atoms with Crippen molar-refractivity contribution < 1.29 is 56.8 Å². The van der Waals surface area contributed by atoms with Gasteiger partial charge in [-0.15, -0.1) is 0 Å². The summed E-state index contributed by atoms with van der Waals surface area (Å²) in [6.45, 7) is 3.83. The lowest BCUT2D eigenvalue weighted by atomic mass is 10.00. The van der Waals surface area contributed by atoms with Crippen LogP contribution < -0.4 is 0 Å². The van der Waals surface area contributed by atoms with Crippen molar-refractivity contribution in [3.63, 3.8) is 0 Å². The molecule has 0 aliphatic carbocycles. The molecule has 0 amide bonds. The van der Waals surface area contributed by atoms with E-state index in [1.54, 1.807) is 0 Å². The predicted octanol–water partition coefficient (Wildman–Crippen LogP) is 13.6. The van der Waals surface area contributed by atoms with Crippen LogP contribution in [0.5, 0.6) is 0 Å². The normalized spacial score (nSPS) is 19.1. The molecule has 1 fully saturated rings. The number of rotatable bonds is 50. The number of carbonyl (C=O) groups excluding carboxylic acids is 2. The fraction of sp³-hybridized carbons (Fsp3) is 0.964. The first kappa shape index (κ1) is 64.7. The van der Waals surface area contributed by atoms with Crippen LogP contribution in [0.4, 0.5) is 0 Å². The highest BCUT2D eigenvalue weighted by atomic mass is 32.2. The van der Waals surface area contributed by atoms with Gasteiger partial charge in [0.25, 0.3) is 10.1 Å². The van der Waals surface area contributed by atoms with E-state index in [4.69, 9.17) is 18.9 Å². The summed E-state index contributed by atoms with van der Waals surface area (Å²) in [4.78, 5) is 25.6. The second kappa shape index (κ2) is 45.5. The van der Waals surface area contributed by atoms with E-state index in [2.05, 4.69) is 13.8 Å². The molecular weight excluding hydrogens is 885 g/mol. The lowest BCUT2D eigenvalue weighted by molar-refractivity contribution is -0.297. The second-order valence-corrected chi connectivity index (χ2v) is 21.8. The van der Waals surface area contributed by atoms with Crippen molar-refractivity contribution in [3.05, 3.63) is 0 Å². The number of hydrogen-bond acceptors (Lipinski definition) is 11. The molecule has 0 bridgehead atoms. The van der Waals surface area contributed by atoms with Crippen LogP contribution in [0.15, 0.2) is 0 Å². The van der Waals surface area contributed by atoms with Crippen LogP contribution in [-0.2, 0) is 38.7 Å². The van der Waals surface area contributed by atoms with Crippen molar-refractivity contribution >= 4 is 22.1 Å². The second-order valence-electron chi connectivity index (χ2n) is 20.3. The summed E-state index contributed by atoms with van der Waals surface area (Å²) in [6.07, 6.45) is 41.5. The van der Waals surface area contributed by atoms with Crippen LogP contribution in [-0.4, -0.2) is 96.0 Å². The molecule has 0 radical (unpaired) electrons. The standard InChI is InChI=1S/C55H106O12S/c1-3-5-7-9-11-13-15-17-19-21-22-23-24-25-26-27-28-30-32-34-36-38-40-42-44-51(57)66-48(46-65-55-54(60)53(59)52(58)49(67-55)47-68(61,62)63)45-64-50(56)43-41-39-37-35-33-31-29-20-18-16-14-12-10-8-6-4-2/h48-49,52-55,58-60H,3-47H2,1-2H3,(H,61,62,63). The molecule has 0 aromatic heterocycles. The Morgan fingerprint density at radius 2 is 0.750 bits per heavy atom. The van der Waals surface area contributed by atoms with Crippen LogP contribution in [0.3, 0.4) is 0 Å². The highest BCUT2D eigenvalue weighted by Gasteiger charge is 2.46. The Kier molecular flexibility index (Phi) is 43.3. The zero-order valence-electron chi connectivity index (χ0n) is 43.7. The fourth-order valence-corrected chi connectivity index (χ4v) is 9.96. The van der Waals surface area contributed by atoms with Crippen molar-refractivity contribution in [1.29, 1.82) is 0 Å². The van der Waals surface area contributed by atoms with E-state index in [0.717, 1.165) is 38.5 Å². The Morgan fingerprint density at radius 3 is 1.07 bits per heavy atom. The average Bonchev–Trinajstić information content (AvgIpc) is 3.31. The Hall–Kier alpha value is -1.35. The Labute approximate surface area is 416 Å². The number of hydrogen-bond donors (Lipinski definition) is 4. The first-order chi connectivity index (χ1) is 33.0. The lowest BCUT2D eigenvalue weighted by Crippen LogP contribution is -2.60. The summed E-state index contributed by atoms with van der Waals surface area (Å²) in [5.74, 6) is -1.95.